The molecule has 104 valence electrons. The highest BCUT2D eigenvalue weighted by Gasteiger charge is 2.29. The molecular formula is C13H19N3O2S. The number of rotatable bonds is 5. The van der Waals surface area contributed by atoms with Crippen LogP contribution in [0, 0.1) is 5.92 Å². The zero-order valence-electron chi connectivity index (χ0n) is 10.9. The summed E-state index contributed by atoms with van der Waals surface area (Å²) in [4.78, 5) is 23.7. The van der Waals surface area contributed by atoms with Gasteiger partial charge in [0.2, 0.25) is 0 Å². The Bertz CT molecular complexity index is 512. The number of hydrogen-bond donors (Lipinski definition) is 1. The van der Waals surface area contributed by atoms with Crippen molar-refractivity contribution < 1.29 is 4.79 Å². The number of aromatic amines is 1. The lowest BCUT2D eigenvalue weighted by Gasteiger charge is -2.19. The minimum Gasteiger partial charge on any atom is -0.298 e. The molecule has 5 nitrogen and oxygen atoms in total. The first-order valence-corrected chi connectivity index (χ1v) is 8.06. The van der Waals surface area contributed by atoms with Gasteiger partial charge in [-0.2, -0.15) is 0 Å². The van der Waals surface area contributed by atoms with E-state index in [1.807, 2.05) is 0 Å². The molecule has 1 heterocycles. The van der Waals surface area contributed by atoms with Gasteiger partial charge >= 0.3 is 5.69 Å². The molecule has 3 rings (SSSR count). The van der Waals surface area contributed by atoms with Crippen molar-refractivity contribution in [2.75, 3.05) is 5.75 Å². The molecular weight excluding hydrogens is 262 g/mol. The van der Waals surface area contributed by atoms with E-state index in [1.54, 1.807) is 4.57 Å². The lowest BCUT2D eigenvalue weighted by molar-refractivity contribution is -0.121. The van der Waals surface area contributed by atoms with Crippen molar-refractivity contribution in [3.8, 4) is 0 Å². The van der Waals surface area contributed by atoms with Crippen LogP contribution in [0.5, 0.6) is 0 Å². The molecule has 0 saturated heterocycles. The van der Waals surface area contributed by atoms with Gasteiger partial charge < -0.3 is 0 Å². The first-order valence-electron chi connectivity index (χ1n) is 7.08. The van der Waals surface area contributed by atoms with Gasteiger partial charge in [0, 0.05) is 12.0 Å². The summed E-state index contributed by atoms with van der Waals surface area (Å²) in [5, 5.41) is 7.19. The molecule has 1 aromatic heterocycles. The summed E-state index contributed by atoms with van der Waals surface area (Å²) in [5.74, 6) is 1.01. The van der Waals surface area contributed by atoms with E-state index >= 15 is 0 Å². The quantitative estimate of drug-likeness (QED) is 0.840. The second kappa shape index (κ2) is 5.53. The number of ketones is 1. The van der Waals surface area contributed by atoms with Crippen molar-refractivity contribution in [3.05, 3.63) is 10.5 Å². The predicted octanol–water partition coefficient (Wildman–Crippen LogP) is 2.15. The molecule has 2 aliphatic rings. The first kappa shape index (κ1) is 13.0. The Morgan fingerprint density at radius 2 is 2.00 bits per heavy atom. The van der Waals surface area contributed by atoms with Crippen molar-refractivity contribution in [1.29, 1.82) is 0 Å². The highest BCUT2D eigenvalue weighted by molar-refractivity contribution is 7.99. The maximum Gasteiger partial charge on any atom is 0.344 e. The molecule has 2 saturated carbocycles. The monoisotopic (exact) mass is 281 g/mol. The van der Waals surface area contributed by atoms with Crippen LogP contribution in [-0.4, -0.2) is 26.3 Å². The Kier molecular flexibility index (Phi) is 3.77. The van der Waals surface area contributed by atoms with Gasteiger partial charge in [-0.3, -0.25) is 9.36 Å². The van der Waals surface area contributed by atoms with Crippen LogP contribution in [-0.2, 0) is 4.79 Å². The molecule has 0 radical (unpaired) electrons. The number of nitrogens with one attached hydrogen (secondary N) is 1. The highest BCUT2D eigenvalue weighted by Crippen LogP contribution is 2.36. The van der Waals surface area contributed by atoms with Gasteiger partial charge in [0.25, 0.3) is 0 Å². The van der Waals surface area contributed by atoms with E-state index in [2.05, 4.69) is 10.2 Å². The number of thioether (sulfide) groups is 1. The molecule has 0 spiro atoms. The van der Waals surface area contributed by atoms with Gasteiger partial charge in [-0.05, 0) is 25.7 Å². The Balaban J connectivity index is 1.59. The third-order valence-corrected chi connectivity index (χ3v) is 4.96. The number of H-pyrrole nitrogens is 1. The summed E-state index contributed by atoms with van der Waals surface area (Å²) in [6, 6.07) is 0.304. The van der Waals surface area contributed by atoms with E-state index < -0.39 is 0 Å². The third-order valence-electron chi connectivity index (χ3n) is 3.99. The lowest BCUT2D eigenvalue weighted by atomic mass is 9.87. The van der Waals surface area contributed by atoms with Crippen LogP contribution in [0.3, 0.4) is 0 Å². The van der Waals surface area contributed by atoms with Crippen LogP contribution in [0.1, 0.15) is 51.0 Å². The van der Waals surface area contributed by atoms with Crippen molar-refractivity contribution >= 4 is 17.5 Å². The Labute approximate surface area is 116 Å². The fourth-order valence-corrected chi connectivity index (χ4v) is 3.71. The number of carbonyl (C=O) groups excluding carboxylic acids is 1. The van der Waals surface area contributed by atoms with Gasteiger partial charge in [0.15, 0.2) is 5.16 Å². The topological polar surface area (TPSA) is 67.8 Å². The summed E-state index contributed by atoms with van der Waals surface area (Å²) in [6.45, 7) is 0. The van der Waals surface area contributed by atoms with Crippen LogP contribution in [0.4, 0.5) is 0 Å². The van der Waals surface area contributed by atoms with Gasteiger partial charge in [0.1, 0.15) is 5.78 Å². The van der Waals surface area contributed by atoms with Crippen molar-refractivity contribution in [2.45, 2.75) is 56.1 Å². The molecule has 2 aliphatic carbocycles. The minimum absolute atomic E-state index is 0.143. The second-order valence-corrected chi connectivity index (χ2v) is 6.44. The molecule has 1 aromatic rings. The van der Waals surface area contributed by atoms with Crippen molar-refractivity contribution in [1.82, 2.24) is 14.8 Å². The average Bonchev–Trinajstić information content (AvgIpc) is 3.21. The van der Waals surface area contributed by atoms with Gasteiger partial charge in [-0.15, -0.1) is 5.10 Å². The van der Waals surface area contributed by atoms with E-state index in [0.717, 1.165) is 25.7 Å². The van der Waals surface area contributed by atoms with E-state index in [0.29, 0.717) is 22.7 Å². The number of nitrogens with zero attached hydrogens (tertiary/aromatic N) is 2. The Morgan fingerprint density at radius 1 is 1.26 bits per heavy atom. The van der Waals surface area contributed by atoms with Crippen LogP contribution in [0.2, 0.25) is 0 Å². The highest BCUT2D eigenvalue weighted by atomic mass is 32.2. The minimum atomic E-state index is -0.143. The number of hydrogen-bond acceptors (Lipinski definition) is 4. The number of Topliss-reactive ketones (excluding diaryl/α,β-unsaturated/α-hetero) is 1. The second-order valence-electron chi connectivity index (χ2n) is 5.50. The third kappa shape index (κ3) is 2.94. The molecule has 0 aliphatic heterocycles. The standard InChI is InChI=1S/C13H19N3O2S/c17-11(9-4-2-1-3-5-9)8-19-13-15-14-12(18)16(13)10-6-7-10/h9-10H,1-8H2,(H,14,18). The molecule has 0 unspecified atom stereocenters. The molecule has 0 bridgehead atoms. The van der Waals surface area contributed by atoms with Crippen LogP contribution in [0.15, 0.2) is 9.95 Å². The normalized spacial score (nSPS) is 20.6. The smallest absolute Gasteiger partial charge is 0.298 e. The predicted molar refractivity (Wildman–Crippen MR) is 73.4 cm³/mol. The van der Waals surface area contributed by atoms with Gasteiger partial charge in [-0.25, -0.2) is 9.89 Å². The Hall–Kier alpha value is -1.04. The van der Waals surface area contributed by atoms with Crippen molar-refractivity contribution in [3.63, 3.8) is 0 Å². The fourth-order valence-electron chi connectivity index (χ4n) is 2.72. The SMILES string of the molecule is O=C(CSc1n[nH]c(=O)n1C1CC1)C1CCCCC1. The maximum atomic E-state index is 12.1. The molecule has 1 N–H and O–H groups in total. The molecule has 0 atom stereocenters. The van der Waals surface area contributed by atoms with E-state index in [9.17, 15) is 9.59 Å². The molecule has 0 amide bonds. The number of carbonyl (C=O) groups is 1. The molecule has 19 heavy (non-hydrogen) atoms. The first-order chi connectivity index (χ1) is 9.25. The van der Waals surface area contributed by atoms with Crippen LogP contribution < -0.4 is 5.69 Å². The molecule has 2 fully saturated rings. The van der Waals surface area contributed by atoms with Gasteiger partial charge in [-0.1, -0.05) is 31.0 Å². The summed E-state index contributed by atoms with van der Waals surface area (Å²) < 4.78 is 1.71. The van der Waals surface area contributed by atoms with E-state index in [4.69, 9.17) is 0 Å². The summed E-state index contributed by atoms with van der Waals surface area (Å²) in [5.41, 5.74) is -0.143. The maximum absolute atomic E-state index is 12.1. The fraction of sp³-hybridized carbons (Fsp3) is 0.769. The van der Waals surface area contributed by atoms with Crippen LogP contribution >= 0.6 is 11.8 Å². The van der Waals surface area contributed by atoms with Crippen molar-refractivity contribution in [2.24, 2.45) is 5.92 Å². The Morgan fingerprint density at radius 3 is 2.68 bits per heavy atom. The largest absolute Gasteiger partial charge is 0.344 e. The zero-order chi connectivity index (χ0) is 13.2. The molecule has 6 heteroatoms. The summed E-state index contributed by atoms with van der Waals surface area (Å²) in [6.07, 6.45) is 7.78. The average molecular weight is 281 g/mol. The van der Waals surface area contributed by atoms with E-state index in [1.165, 1.54) is 31.0 Å². The molecule has 0 aromatic carbocycles. The number of aromatic nitrogens is 3. The summed E-state index contributed by atoms with van der Waals surface area (Å²) in [7, 11) is 0. The van der Waals surface area contributed by atoms with Crippen LogP contribution in [0.25, 0.3) is 0 Å². The lowest BCUT2D eigenvalue weighted by Crippen LogP contribution is -2.20. The van der Waals surface area contributed by atoms with Gasteiger partial charge in [0.05, 0.1) is 5.75 Å². The van der Waals surface area contributed by atoms with E-state index in [-0.39, 0.29) is 11.6 Å². The zero-order valence-corrected chi connectivity index (χ0v) is 11.7. The summed E-state index contributed by atoms with van der Waals surface area (Å²) >= 11 is 1.41.